The van der Waals surface area contributed by atoms with E-state index in [4.69, 9.17) is 4.98 Å². The number of hydrogen-bond acceptors (Lipinski definition) is 5. The molecule has 1 fully saturated rings. The van der Waals surface area contributed by atoms with Crippen LogP contribution in [0.1, 0.15) is 60.6 Å². The monoisotopic (exact) mass is 498 g/mol. The normalized spacial score (nSPS) is 20.3. The second kappa shape index (κ2) is 10.7. The number of pyridine rings is 1. The van der Waals surface area contributed by atoms with Gasteiger partial charge in [0.15, 0.2) is 0 Å². The quantitative estimate of drug-likeness (QED) is 0.488. The average Bonchev–Trinajstić information content (AvgIpc) is 2.75. The first-order valence-electron chi connectivity index (χ1n) is 12.7. The zero-order valence-electron chi connectivity index (χ0n) is 21.3. The Hall–Kier alpha value is -2.45. The number of aromatic nitrogens is 1. The molecule has 35 heavy (non-hydrogen) atoms. The maximum Gasteiger partial charge on any atom is 0.241 e. The van der Waals surface area contributed by atoms with Gasteiger partial charge in [-0.25, -0.2) is 18.1 Å². The van der Waals surface area contributed by atoms with Gasteiger partial charge in [0.2, 0.25) is 15.9 Å². The predicted molar refractivity (Wildman–Crippen MR) is 139 cm³/mol. The Kier molecular flexibility index (Phi) is 7.81. The Labute approximate surface area is 209 Å². The first-order valence-corrected chi connectivity index (χ1v) is 14.2. The summed E-state index contributed by atoms with van der Waals surface area (Å²) in [6, 6.07) is 7.68. The van der Waals surface area contributed by atoms with Crippen molar-refractivity contribution in [3.8, 4) is 0 Å². The number of carbonyl (C=O) groups excluding carboxylic acids is 1. The number of sulfonamides is 1. The van der Waals surface area contributed by atoms with Gasteiger partial charge in [-0.2, -0.15) is 0 Å². The van der Waals surface area contributed by atoms with E-state index in [0.717, 1.165) is 73.3 Å². The standard InChI is InChI=1S/C27H38N4O3S/c1-17-12-18(2)25(19(3)13-17)35(33,34)31-20(4)16-29-27(32)23-14-21(15-23)7-9-24-10-8-22-6-5-11-28-26(22)30-24/h8,10,12-13,20-21,23,31H,5-7,9,11,14-16H2,1-4H3,(H,28,30)(H,29,32)/t20-,21?,23?/m0/s1. The summed E-state index contributed by atoms with van der Waals surface area (Å²) in [4.78, 5) is 17.7. The van der Waals surface area contributed by atoms with E-state index in [1.807, 2.05) is 32.9 Å². The van der Waals surface area contributed by atoms with Gasteiger partial charge < -0.3 is 10.6 Å². The van der Waals surface area contributed by atoms with Crippen LogP contribution in [-0.2, 0) is 27.7 Å². The van der Waals surface area contributed by atoms with Crippen LogP contribution in [0.25, 0.3) is 0 Å². The van der Waals surface area contributed by atoms with E-state index in [9.17, 15) is 13.2 Å². The Balaban J connectivity index is 1.19. The summed E-state index contributed by atoms with van der Waals surface area (Å²) in [5.41, 5.74) is 4.92. The minimum atomic E-state index is -3.66. The van der Waals surface area contributed by atoms with E-state index in [0.29, 0.717) is 10.8 Å². The number of carbonyl (C=O) groups is 1. The molecule has 1 atom stereocenters. The molecule has 0 radical (unpaired) electrons. The van der Waals surface area contributed by atoms with E-state index in [-0.39, 0.29) is 18.4 Å². The van der Waals surface area contributed by atoms with Gasteiger partial charge in [0.1, 0.15) is 5.82 Å². The predicted octanol–water partition coefficient (Wildman–Crippen LogP) is 3.81. The highest BCUT2D eigenvalue weighted by Crippen LogP contribution is 2.37. The number of hydrogen-bond donors (Lipinski definition) is 3. The van der Waals surface area contributed by atoms with Crippen molar-refractivity contribution in [1.29, 1.82) is 0 Å². The highest BCUT2D eigenvalue weighted by atomic mass is 32.2. The zero-order valence-corrected chi connectivity index (χ0v) is 22.1. The molecule has 1 aromatic carbocycles. The smallest absolute Gasteiger partial charge is 0.241 e. The van der Waals surface area contributed by atoms with Crippen molar-refractivity contribution in [2.75, 3.05) is 18.4 Å². The molecule has 4 rings (SSSR count). The molecule has 1 amide bonds. The molecule has 8 heteroatoms. The molecule has 1 aliphatic carbocycles. The van der Waals surface area contributed by atoms with Crippen LogP contribution in [0.4, 0.5) is 5.82 Å². The molecule has 7 nitrogen and oxygen atoms in total. The highest BCUT2D eigenvalue weighted by Gasteiger charge is 2.34. The molecular weight excluding hydrogens is 460 g/mol. The summed E-state index contributed by atoms with van der Waals surface area (Å²) >= 11 is 0. The van der Waals surface area contributed by atoms with Crippen LogP contribution in [0.3, 0.4) is 0 Å². The van der Waals surface area contributed by atoms with E-state index in [1.54, 1.807) is 6.92 Å². The number of amides is 1. The van der Waals surface area contributed by atoms with Gasteiger partial charge in [0.05, 0.1) is 4.90 Å². The van der Waals surface area contributed by atoms with E-state index < -0.39 is 16.1 Å². The molecule has 2 aromatic rings. The van der Waals surface area contributed by atoms with Crippen molar-refractivity contribution < 1.29 is 13.2 Å². The van der Waals surface area contributed by atoms with Crippen LogP contribution >= 0.6 is 0 Å². The fraction of sp³-hybridized carbons (Fsp3) is 0.556. The number of nitrogens with one attached hydrogen (secondary N) is 3. The number of rotatable bonds is 9. The molecule has 3 N–H and O–H groups in total. The average molecular weight is 499 g/mol. The van der Waals surface area contributed by atoms with E-state index >= 15 is 0 Å². The van der Waals surface area contributed by atoms with Crippen molar-refractivity contribution in [3.05, 3.63) is 52.2 Å². The summed E-state index contributed by atoms with van der Waals surface area (Å²) in [5.74, 6) is 1.62. The second-order valence-corrected chi connectivity index (χ2v) is 12.1. The van der Waals surface area contributed by atoms with Crippen molar-refractivity contribution in [1.82, 2.24) is 15.0 Å². The van der Waals surface area contributed by atoms with E-state index in [1.165, 1.54) is 5.56 Å². The third-order valence-electron chi connectivity index (χ3n) is 7.18. The summed E-state index contributed by atoms with van der Waals surface area (Å²) < 4.78 is 28.6. The minimum absolute atomic E-state index is 0.0172. The van der Waals surface area contributed by atoms with Gasteiger partial charge >= 0.3 is 0 Å². The number of benzene rings is 1. The fourth-order valence-electron chi connectivity index (χ4n) is 5.40. The maximum atomic E-state index is 12.9. The highest BCUT2D eigenvalue weighted by molar-refractivity contribution is 7.89. The number of fused-ring (bicyclic) bond motifs is 1. The molecule has 2 heterocycles. The number of nitrogens with zero attached hydrogens (tertiary/aromatic N) is 1. The topological polar surface area (TPSA) is 100 Å². The van der Waals surface area contributed by atoms with Crippen molar-refractivity contribution in [2.45, 2.75) is 77.2 Å². The lowest BCUT2D eigenvalue weighted by atomic mass is 9.72. The second-order valence-electron chi connectivity index (χ2n) is 10.4. The van der Waals surface area contributed by atoms with Crippen LogP contribution in [0.5, 0.6) is 0 Å². The molecule has 0 bridgehead atoms. The van der Waals surface area contributed by atoms with Gasteiger partial charge in [0, 0.05) is 30.7 Å². The lowest BCUT2D eigenvalue weighted by Crippen LogP contribution is -2.45. The molecule has 1 saturated carbocycles. The van der Waals surface area contributed by atoms with Gasteiger partial charge in [-0.1, -0.05) is 23.8 Å². The fourth-order valence-corrected chi connectivity index (χ4v) is 7.10. The number of anilines is 1. The molecular formula is C27H38N4O3S. The SMILES string of the molecule is Cc1cc(C)c(S(=O)(=O)N[C@@H](C)CNC(=O)C2CC(CCc3ccc4c(n3)NCCC4)C2)c(C)c1. The van der Waals surface area contributed by atoms with Gasteiger partial charge in [-0.3, -0.25) is 4.79 Å². The Morgan fingerprint density at radius 1 is 1.17 bits per heavy atom. The first-order chi connectivity index (χ1) is 16.6. The van der Waals surface area contributed by atoms with Crippen molar-refractivity contribution in [3.63, 3.8) is 0 Å². The van der Waals surface area contributed by atoms with Crippen LogP contribution in [0.2, 0.25) is 0 Å². The number of aryl methyl sites for hydroxylation is 5. The molecule has 0 saturated heterocycles. The Morgan fingerprint density at radius 3 is 2.60 bits per heavy atom. The molecule has 190 valence electrons. The largest absolute Gasteiger partial charge is 0.370 e. The summed E-state index contributed by atoms with van der Waals surface area (Å²) in [7, 11) is -3.66. The molecule has 0 spiro atoms. The first kappa shape index (κ1) is 25.6. The molecule has 1 aromatic heterocycles. The minimum Gasteiger partial charge on any atom is -0.370 e. The summed E-state index contributed by atoms with van der Waals surface area (Å²) in [6.07, 6.45) is 6.01. The lowest BCUT2D eigenvalue weighted by molar-refractivity contribution is -0.129. The lowest BCUT2D eigenvalue weighted by Gasteiger charge is -2.34. The Morgan fingerprint density at radius 2 is 1.89 bits per heavy atom. The van der Waals surface area contributed by atoms with Gasteiger partial charge in [0.25, 0.3) is 0 Å². The maximum absolute atomic E-state index is 12.9. The molecule has 0 unspecified atom stereocenters. The van der Waals surface area contributed by atoms with Crippen molar-refractivity contribution >= 4 is 21.7 Å². The molecule has 2 aliphatic rings. The zero-order chi connectivity index (χ0) is 25.2. The van der Waals surface area contributed by atoms with Crippen LogP contribution < -0.4 is 15.4 Å². The third kappa shape index (κ3) is 6.22. The van der Waals surface area contributed by atoms with Gasteiger partial charge in [-0.15, -0.1) is 0 Å². The van der Waals surface area contributed by atoms with Crippen molar-refractivity contribution in [2.24, 2.45) is 11.8 Å². The van der Waals surface area contributed by atoms with E-state index in [2.05, 4.69) is 27.5 Å². The Bertz CT molecular complexity index is 1170. The van der Waals surface area contributed by atoms with Gasteiger partial charge in [-0.05, 0) is 94.9 Å². The summed E-state index contributed by atoms with van der Waals surface area (Å²) in [5, 5.41) is 6.33. The van der Waals surface area contributed by atoms with Crippen LogP contribution in [-0.4, -0.2) is 38.4 Å². The summed E-state index contributed by atoms with van der Waals surface area (Å²) in [6.45, 7) is 8.62. The third-order valence-corrected chi connectivity index (χ3v) is 9.07. The van der Waals surface area contributed by atoms with Crippen LogP contribution in [0.15, 0.2) is 29.2 Å². The van der Waals surface area contributed by atoms with Crippen LogP contribution in [0, 0.1) is 32.6 Å². The molecule has 1 aliphatic heterocycles.